The van der Waals surface area contributed by atoms with Crippen LogP contribution >= 0.6 is 11.6 Å². The maximum atomic E-state index is 14.2. The van der Waals surface area contributed by atoms with E-state index in [0.717, 1.165) is 11.1 Å². The minimum atomic E-state index is -1.69. The van der Waals surface area contributed by atoms with Gasteiger partial charge in [0, 0.05) is 34.3 Å². The molecule has 2 heterocycles. The molecule has 2 aliphatic rings. The van der Waals surface area contributed by atoms with E-state index in [-0.39, 0.29) is 11.5 Å². The van der Waals surface area contributed by atoms with Crippen LogP contribution in [-0.4, -0.2) is 22.8 Å². The van der Waals surface area contributed by atoms with Crippen LogP contribution in [0, 0.1) is 45.1 Å². The summed E-state index contributed by atoms with van der Waals surface area (Å²) in [5.74, 6) is -1.24. The summed E-state index contributed by atoms with van der Waals surface area (Å²) in [5.41, 5.74) is 1.35. The number of benzene rings is 3. The molecular weight excluding hydrogens is 476 g/mol. The van der Waals surface area contributed by atoms with Crippen molar-refractivity contribution in [2.45, 2.75) is 24.9 Å². The lowest BCUT2D eigenvalue weighted by atomic mass is 9.69. The van der Waals surface area contributed by atoms with Crippen LogP contribution in [-0.2, 0) is 0 Å². The van der Waals surface area contributed by atoms with Gasteiger partial charge in [0.2, 0.25) is 0 Å². The van der Waals surface area contributed by atoms with E-state index in [1.54, 1.807) is 48.6 Å². The summed E-state index contributed by atoms with van der Waals surface area (Å²) in [4.78, 5) is 27.0. The maximum absolute atomic E-state index is 14.2. The Morgan fingerprint density at radius 1 is 1.08 bits per heavy atom. The number of hydrogen-bond acceptors (Lipinski definition) is 6. The summed E-state index contributed by atoms with van der Waals surface area (Å²) in [5, 5.41) is 33.0. The Morgan fingerprint density at radius 3 is 2.47 bits per heavy atom. The monoisotopic (exact) mass is 494 g/mol. The molecule has 3 atom stereocenters. The van der Waals surface area contributed by atoms with E-state index >= 15 is 0 Å². The Balaban J connectivity index is 1.79. The number of ketones is 1. The molecule has 3 aromatic carbocycles. The van der Waals surface area contributed by atoms with Crippen LogP contribution in [0.1, 0.15) is 33.0 Å². The van der Waals surface area contributed by atoms with Crippen molar-refractivity contribution in [2.75, 3.05) is 4.90 Å². The summed E-state index contributed by atoms with van der Waals surface area (Å²) in [6.07, 6.45) is 3.55. The lowest BCUT2D eigenvalue weighted by Gasteiger charge is -2.35. The van der Waals surface area contributed by atoms with Crippen LogP contribution in [0.25, 0.3) is 6.08 Å². The largest absolute Gasteiger partial charge is 0.351 e. The van der Waals surface area contributed by atoms with Gasteiger partial charge in [-0.2, -0.15) is 10.5 Å². The summed E-state index contributed by atoms with van der Waals surface area (Å²) in [6, 6.07) is 20.9. The molecule has 1 saturated heterocycles. The van der Waals surface area contributed by atoms with Crippen molar-refractivity contribution in [3.63, 3.8) is 0 Å². The Labute approximate surface area is 212 Å². The number of nitro groups is 1. The molecule has 0 aliphatic carbocycles. The molecule has 0 aromatic heterocycles. The number of halogens is 1. The average Bonchev–Trinajstić information content (AvgIpc) is 3.19. The lowest BCUT2D eigenvalue weighted by Crippen LogP contribution is -2.44. The van der Waals surface area contributed by atoms with Gasteiger partial charge >= 0.3 is 0 Å². The zero-order chi connectivity index (χ0) is 25.6. The number of anilines is 1. The van der Waals surface area contributed by atoms with Gasteiger partial charge in [0.1, 0.15) is 6.04 Å². The van der Waals surface area contributed by atoms with Crippen molar-refractivity contribution in [3.8, 4) is 12.1 Å². The minimum Gasteiger partial charge on any atom is -0.351 e. The predicted octanol–water partition coefficient (Wildman–Crippen LogP) is 5.84. The minimum absolute atomic E-state index is 0.175. The fraction of sp³-hybridized carbons (Fsp3) is 0.179. The molecular formula is C28H19ClN4O3. The maximum Gasteiger partial charge on any atom is 0.269 e. The van der Waals surface area contributed by atoms with Crippen LogP contribution in [0.5, 0.6) is 0 Å². The van der Waals surface area contributed by atoms with E-state index in [1.165, 1.54) is 18.2 Å². The van der Waals surface area contributed by atoms with Crippen LogP contribution < -0.4 is 4.90 Å². The summed E-state index contributed by atoms with van der Waals surface area (Å²) < 4.78 is 0. The predicted molar refractivity (Wildman–Crippen MR) is 136 cm³/mol. The van der Waals surface area contributed by atoms with Crippen molar-refractivity contribution in [1.29, 1.82) is 10.5 Å². The molecule has 5 rings (SSSR count). The van der Waals surface area contributed by atoms with Crippen molar-refractivity contribution in [2.24, 2.45) is 5.41 Å². The number of aryl methyl sites for hydroxylation is 1. The van der Waals surface area contributed by atoms with E-state index in [4.69, 9.17) is 11.6 Å². The zero-order valence-corrected chi connectivity index (χ0v) is 19.9. The number of rotatable bonds is 4. The third-order valence-corrected chi connectivity index (χ3v) is 7.25. The van der Waals surface area contributed by atoms with Gasteiger partial charge in [-0.25, -0.2) is 0 Å². The number of Topliss-reactive ketones (excluding diaryl/α,β-unsaturated/α-hetero) is 1. The molecule has 8 heteroatoms. The second-order valence-electron chi connectivity index (χ2n) is 9.01. The van der Waals surface area contributed by atoms with Crippen LogP contribution in [0.3, 0.4) is 0 Å². The van der Waals surface area contributed by atoms with E-state index < -0.39 is 28.3 Å². The van der Waals surface area contributed by atoms with Crippen molar-refractivity contribution in [3.05, 3.63) is 110 Å². The van der Waals surface area contributed by atoms with Gasteiger partial charge in [-0.1, -0.05) is 65.7 Å². The number of non-ortho nitro benzene ring substituents is 1. The first kappa shape index (κ1) is 23.3. The highest BCUT2D eigenvalue weighted by molar-refractivity contribution is 6.30. The first-order valence-corrected chi connectivity index (χ1v) is 11.6. The Bertz CT molecular complexity index is 1500. The number of nitrogens with zero attached hydrogens (tertiary/aromatic N) is 4. The first-order chi connectivity index (χ1) is 17.3. The van der Waals surface area contributed by atoms with Crippen molar-refractivity contribution in [1.82, 2.24) is 0 Å². The number of carbonyl (C=O) groups is 1. The van der Waals surface area contributed by atoms with E-state index in [2.05, 4.69) is 12.1 Å². The normalized spacial score (nSPS) is 21.1. The molecule has 7 nitrogen and oxygen atoms in total. The number of nitro benzene ring substituents is 1. The van der Waals surface area contributed by atoms with Crippen molar-refractivity contribution < 1.29 is 9.72 Å². The number of hydrogen-bond donors (Lipinski definition) is 0. The van der Waals surface area contributed by atoms with Gasteiger partial charge in [0.25, 0.3) is 5.69 Å². The Morgan fingerprint density at radius 2 is 1.81 bits per heavy atom. The summed E-state index contributed by atoms with van der Waals surface area (Å²) in [7, 11) is 0. The quantitative estimate of drug-likeness (QED) is 0.256. The topological polar surface area (TPSA) is 111 Å². The van der Waals surface area contributed by atoms with E-state index in [1.807, 2.05) is 24.0 Å². The zero-order valence-electron chi connectivity index (χ0n) is 19.1. The third-order valence-electron chi connectivity index (χ3n) is 7.01. The van der Waals surface area contributed by atoms with Gasteiger partial charge in [0.05, 0.1) is 23.1 Å². The number of fused-ring (bicyclic) bond motifs is 3. The molecule has 0 bridgehead atoms. The molecule has 36 heavy (non-hydrogen) atoms. The van der Waals surface area contributed by atoms with Crippen LogP contribution in [0.15, 0.2) is 72.8 Å². The molecule has 3 aromatic rings. The van der Waals surface area contributed by atoms with Crippen LogP contribution in [0.2, 0.25) is 5.02 Å². The van der Waals surface area contributed by atoms with E-state index in [0.29, 0.717) is 21.8 Å². The SMILES string of the molecule is Cc1ccc(C(=O)[C@@H]2[C@@H](c3cccc([N+](=O)[O-])c3)C(C#N)(C#N)[C@H]3C=Cc4cc(Cl)ccc4N23)cc1. The van der Waals surface area contributed by atoms with Gasteiger partial charge in [-0.05, 0) is 36.2 Å². The molecule has 2 aliphatic heterocycles. The summed E-state index contributed by atoms with van der Waals surface area (Å²) >= 11 is 6.22. The van der Waals surface area contributed by atoms with Crippen molar-refractivity contribution >= 4 is 34.8 Å². The highest BCUT2D eigenvalue weighted by Crippen LogP contribution is 2.56. The Hall–Kier alpha value is -4.46. The molecule has 0 radical (unpaired) electrons. The molecule has 0 saturated carbocycles. The second kappa shape index (κ2) is 8.64. The van der Waals surface area contributed by atoms with Crippen LogP contribution in [0.4, 0.5) is 11.4 Å². The second-order valence-corrected chi connectivity index (χ2v) is 9.45. The molecule has 176 valence electrons. The van der Waals surface area contributed by atoms with Gasteiger partial charge in [-0.3, -0.25) is 14.9 Å². The Kier molecular flexibility index (Phi) is 5.59. The fourth-order valence-corrected chi connectivity index (χ4v) is 5.54. The third kappa shape index (κ3) is 3.45. The highest BCUT2D eigenvalue weighted by Gasteiger charge is 2.63. The molecule has 0 spiro atoms. The molecule has 0 N–H and O–H groups in total. The fourth-order valence-electron chi connectivity index (χ4n) is 5.36. The highest BCUT2D eigenvalue weighted by atomic mass is 35.5. The first-order valence-electron chi connectivity index (χ1n) is 11.2. The lowest BCUT2D eigenvalue weighted by molar-refractivity contribution is -0.384. The molecule has 0 amide bonds. The average molecular weight is 495 g/mol. The standard InChI is InChI=1S/C28H19ClN4O3/c1-17-5-7-18(8-6-17)27(34)26-25(20-3-2-4-22(14-20)33(35)36)28(15-30,16-31)24-12-9-19-13-21(29)10-11-23(19)32(24)26/h2-14,24-26H,1H3/t24-,25-,26+/m1/s1. The van der Waals surface area contributed by atoms with Gasteiger partial charge in [-0.15, -0.1) is 0 Å². The number of carbonyl (C=O) groups excluding carboxylic acids is 1. The van der Waals surface area contributed by atoms with Gasteiger partial charge < -0.3 is 4.90 Å². The molecule has 0 unspecified atom stereocenters. The van der Waals surface area contributed by atoms with E-state index in [9.17, 15) is 25.4 Å². The number of nitriles is 2. The molecule has 1 fully saturated rings. The summed E-state index contributed by atoms with van der Waals surface area (Å²) in [6.45, 7) is 1.91. The van der Waals surface area contributed by atoms with Gasteiger partial charge in [0.15, 0.2) is 11.2 Å². The smallest absolute Gasteiger partial charge is 0.269 e.